The molecule has 0 unspecified atom stereocenters. The number of nitrogens with one attached hydrogen (secondary N) is 2. The van der Waals surface area contributed by atoms with E-state index in [0.29, 0.717) is 17.8 Å². The summed E-state index contributed by atoms with van der Waals surface area (Å²) in [5.41, 5.74) is 2.44. The van der Waals surface area contributed by atoms with Crippen molar-refractivity contribution in [1.82, 2.24) is 15.0 Å². The Hall–Kier alpha value is -3.15. The molecule has 6 heteroatoms. The molecule has 2 aromatic carbocycles. The Bertz CT molecular complexity index is 815. The van der Waals surface area contributed by atoms with Crippen molar-refractivity contribution >= 4 is 17.8 Å². The van der Waals surface area contributed by atoms with Crippen molar-refractivity contribution in [3.8, 4) is 0 Å². The van der Waals surface area contributed by atoms with Crippen LogP contribution in [0.5, 0.6) is 0 Å². The Labute approximate surface area is 186 Å². The molecule has 0 bridgehead atoms. The monoisotopic (exact) mass is 418 g/mol. The maximum atomic E-state index is 4.78. The number of benzene rings is 2. The first-order chi connectivity index (χ1) is 15.3. The summed E-state index contributed by atoms with van der Waals surface area (Å²) in [6.45, 7) is 7.52. The minimum Gasteiger partial charge on any atom is -0.354 e. The molecule has 0 aliphatic rings. The fraction of sp³-hybridized carbons (Fsp3) is 0.400. The molecule has 1 heterocycles. The normalized spacial score (nSPS) is 10.6. The maximum Gasteiger partial charge on any atom is 0.232 e. The molecule has 0 saturated heterocycles. The second-order valence-electron chi connectivity index (χ2n) is 7.67. The van der Waals surface area contributed by atoms with Gasteiger partial charge in [0, 0.05) is 26.2 Å². The molecule has 31 heavy (non-hydrogen) atoms. The van der Waals surface area contributed by atoms with Crippen molar-refractivity contribution in [2.24, 2.45) is 0 Å². The fourth-order valence-electron chi connectivity index (χ4n) is 3.22. The van der Waals surface area contributed by atoms with Gasteiger partial charge in [0.15, 0.2) is 0 Å². The highest BCUT2D eigenvalue weighted by Crippen LogP contribution is 2.19. The Kier molecular flexibility index (Phi) is 9.10. The van der Waals surface area contributed by atoms with Crippen LogP contribution in [0.15, 0.2) is 60.7 Å². The molecule has 0 spiro atoms. The Morgan fingerprint density at radius 1 is 0.645 bits per heavy atom. The van der Waals surface area contributed by atoms with Crippen molar-refractivity contribution in [3.63, 3.8) is 0 Å². The van der Waals surface area contributed by atoms with Crippen LogP contribution in [-0.2, 0) is 13.1 Å². The van der Waals surface area contributed by atoms with E-state index in [1.165, 1.54) is 11.1 Å². The third kappa shape index (κ3) is 7.55. The van der Waals surface area contributed by atoms with E-state index in [0.717, 1.165) is 51.9 Å². The molecule has 0 amide bonds. The first-order valence-electron chi connectivity index (χ1n) is 11.3. The van der Waals surface area contributed by atoms with Gasteiger partial charge in [-0.3, -0.25) is 0 Å². The number of unbranched alkanes of at least 4 members (excludes halogenated alkanes) is 2. The number of rotatable bonds is 13. The van der Waals surface area contributed by atoms with Crippen LogP contribution in [0.2, 0.25) is 0 Å². The largest absolute Gasteiger partial charge is 0.354 e. The number of aromatic nitrogens is 3. The topological polar surface area (TPSA) is 66.0 Å². The van der Waals surface area contributed by atoms with Crippen molar-refractivity contribution in [2.45, 2.75) is 52.6 Å². The molecule has 0 saturated carbocycles. The van der Waals surface area contributed by atoms with Crippen molar-refractivity contribution in [2.75, 3.05) is 28.6 Å². The second kappa shape index (κ2) is 12.5. The molecule has 3 rings (SSSR count). The summed E-state index contributed by atoms with van der Waals surface area (Å²) >= 11 is 0. The number of nitrogens with zero attached hydrogens (tertiary/aromatic N) is 4. The highest BCUT2D eigenvalue weighted by atomic mass is 15.3. The predicted molar refractivity (Wildman–Crippen MR) is 129 cm³/mol. The average Bonchev–Trinajstić information content (AvgIpc) is 2.80. The molecule has 1 aromatic heterocycles. The smallest absolute Gasteiger partial charge is 0.232 e. The molecular weight excluding hydrogens is 384 g/mol. The Morgan fingerprint density at radius 3 is 1.52 bits per heavy atom. The Balaban J connectivity index is 1.89. The molecule has 0 fully saturated rings. The average molecular weight is 419 g/mol. The quantitative estimate of drug-likeness (QED) is 0.357. The summed E-state index contributed by atoms with van der Waals surface area (Å²) in [7, 11) is 0. The van der Waals surface area contributed by atoms with Crippen LogP contribution in [0, 0.1) is 0 Å². The van der Waals surface area contributed by atoms with Gasteiger partial charge < -0.3 is 15.5 Å². The first-order valence-corrected chi connectivity index (χ1v) is 11.3. The standard InChI is InChI=1S/C25H34N6/c1-3-5-17-26-23-28-24(27-18-6-4-2)30-25(29-23)31(19-21-13-9-7-10-14-21)20-22-15-11-8-12-16-22/h7-16H,3-6,17-20H2,1-2H3,(H2,26,27,28,29,30). The fourth-order valence-corrected chi connectivity index (χ4v) is 3.22. The van der Waals surface area contributed by atoms with E-state index < -0.39 is 0 Å². The van der Waals surface area contributed by atoms with Crippen molar-refractivity contribution in [1.29, 1.82) is 0 Å². The molecule has 0 aliphatic carbocycles. The molecule has 0 aliphatic heterocycles. The van der Waals surface area contributed by atoms with Gasteiger partial charge in [0.25, 0.3) is 0 Å². The van der Waals surface area contributed by atoms with Crippen LogP contribution in [0.1, 0.15) is 50.7 Å². The van der Waals surface area contributed by atoms with Crippen LogP contribution < -0.4 is 15.5 Å². The molecule has 6 nitrogen and oxygen atoms in total. The van der Waals surface area contributed by atoms with Crippen LogP contribution in [0.4, 0.5) is 17.8 Å². The van der Waals surface area contributed by atoms with E-state index in [1.54, 1.807) is 0 Å². The zero-order valence-corrected chi connectivity index (χ0v) is 18.7. The zero-order chi connectivity index (χ0) is 21.7. The van der Waals surface area contributed by atoms with Crippen LogP contribution in [0.25, 0.3) is 0 Å². The van der Waals surface area contributed by atoms with Gasteiger partial charge in [-0.15, -0.1) is 0 Å². The van der Waals surface area contributed by atoms with Gasteiger partial charge >= 0.3 is 0 Å². The van der Waals surface area contributed by atoms with Gasteiger partial charge in [-0.05, 0) is 24.0 Å². The number of hydrogen-bond donors (Lipinski definition) is 2. The van der Waals surface area contributed by atoms with Crippen LogP contribution in [0.3, 0.4) is 0 Å². The highest BCUT2D eigenvalue weighted by Gasteiger charge is 2.15. The highest BCUT2D eigenvalue weighted by molar-refractivity contribution is 5.45. The van der Waals surface area contributed by atoms with Gasteiger partial charge in [0.2, 0.25) is 17.8 Å². The van der Waals surface area contributed by atoms with Crippen LogP contribution in [-0.4, -0.2) is 28.0 Å². The summed E-state index contributed by atoms with van der Waals surface area (Å²) in [6.07, 6.45) is 4.41. The lowest BCUT2D eigenvalue weighted by Crippen LogP contribution is -2.25. The summed E-state index contributed by atoms with van der Waals surface area (Å²) in [4.78, 5) is 16.4. The molecule has 3 aromatic rings. The summed E-state index contributed by atoms with van der Waals surface area (Å²) < 4.78 is 0. The zero-order valence-electron chi connectivity index (χ0n) is 18.7. The molecular formula is C25H34N6. The van der Waals surface area contributed by atoms with Gasteiger partial charge in [0.1, 0.15) is 0 Å². The van der Waals surface area contributed by atoms with E-state index in [1.807, 2.05) is 12.1 Å². The van der Waals surface area contributed by atoms with Gasteiger partial charge in [-0.1, -0.05) is 87.4 Å². The lowest BCUT2D eigenvalue weighted by atomic mass is 10.2. The van der Waals surface area contributed by atoms with Gasteiger partial charge in [-0.25, -0.2) is 0 Å². The minimum atomic E-state index is 0.628. The van der Waals surface area contributed by atoms with Crippen molar-refractivity contribution < 1.29 is 0 Å². The first kappa shape index (κ1) is 22.5. The van der Waals surface area contributed by atoms with E-state index in [9.17, 15) is 0 Å². The van der Waals surface area contributed by atoms with Crippen molar-refractivity contribution in [3.05, 3.63) is 71.8 Å². The van der Waals surface area contributed by atoms with Crippen LogP contribution >= 0.6 is 0 Å². The maximum absolute atomic E-state index is 4.78. The second-order valence-corrected chi connectivity index (χ2v) is 7.67. The minimum absolute atomic E-state index is 0.628. The third-order valence-corrected chi connectivity index (χ3v) is 4.97. The summed E-state index contributed by atoms with van der Waals surface area (Å²) in [6, 6.07) is 20.9. The molecule has 164 valence electrons. The SMILES string of the molecule is CCCCNc1nc(NCCCC)nc(N(Cc2ccccc2)Cc2ccccc2)n1. The molecule has 2 N–H and O–H groups in total. The van der Waals surface area contributed by atoms with E-state index in [-0.39, 0.29) is 0 Å². The molecule has 0 radical (unpaired) electrons. The third-order valence-electron chi connectivity index (χ3n) is 4.97. The van der Waals surface area contributed by atoms with E-state index in [4.69, 9.17) is 9.97 Å². The van der Waals surface area contributed by atoms with Gasteiger partial charge in [0.05, 0.1) is 0 Å². The van der Waals surface area contributed by atoms with E-state index >= 15 is 0 Å². The lowest BCUT2D eigenvalue weighted by Gasteiger charge is -2.24. The Morgan fingerprint density at radius 2 is 1.10 bits per heavy atom. The van der Waals surface area contributed by atoms with Gasteiger partial charge in [-0.2, -0.15) is 15.0 Å². The number of hydrogen-bond acceptors (Lipinski definition) is 6. The molecule has 0 atom stereocenters. The number of anilines is 3. The van der Waals surface area contributed by atoms with E-state index in [2.05, 4.69) is 82.9 Å². The summed E-state index contributed by atoms with van der Waals surface area (Å²) in [5.74, 6) is 1.94. The summed E-state index contributed by atoms with van der Waals surface area (Å²) in [5, 5.41) is 6.74. The lowest BCUT2D eigenvalue weighted by molar-refractivity contribution is 0.752. The predicted octanol–water partition coefficient (Wildman–Crippen LogP) is 5.50.